The number of anilines is 2. The molecule has 0 aliphatic heterocycles. The Morgan fingerprint density at radius 1 is 1.35 bits per heavy atom. The first kappa shape index (κ1) is 14.4. The van der Waals surface area contributed by atoms with Gasteiger partial charge in [0, 0.05) is 19.6 Å². The quantitative estimate of drug-likeness (QED) is 0.879. The van der Waals surface area contributed by atoms with Gasteiger partial charge < -0.3 is 10.2 Å². The fourth-order valence-electron chi connectivity index (χ4n) is 1.48. The molecule has 0 aliphatic carbocycles. The molecule has 1 atom stereocenters. The van der Waals surface area contributed by atoms with E-state index in [1.807, 2.05) is 14.0 Å². The van der Waals surface area contributed by atoms with E-state index in [1.54, 1.807) is 6.07 Å². The molecule has 0 radical (unpaired) electrons. The summed E-state index contributed by atoms with van der Waals surface area (Å²) < 4.78 is 0. The van der Waals surface area contributed by atoms with Crippen molar-refractivity contribution in [3.63, 3.8) is 0 Å². The average Bonchev–Trinajstić information content (AvgIpc) is 2.31. The van der Waals surface area contributed by atoms with Crippen molar-refractivity contribution in [1.29, 1.82) is 0 Å². The van der Waals surface area contributed by atoms with E-state index in [9.17, 15) is 0 Å². The highest BCUT2D eigenvalue weighted by Crippen LogP contribution is 2.31. The molecule has 0 aliphatic rings. The van der Waals surface area contributed by atoms with Crippen LogP contribution in [0.4, 0.5) is 11.6 Å². The van der Waals surface area contributed by atoms with Gasteiger partial charge in [0.15, 0.2) is 0 Å². The molecule has 1 rings (SSSR count). The van der Waals surface area contributed by atoms with Gasteiger partial charge in [0.05, 0.1) is 10.0 Å². The lowest BCUT2D eigenvalue weighted by Gasteiger charge is -2.26. The third kappa shape index (κ3) is 3.39. The van der Waals surface area contributed by atoms with E-state index in [2.05, 4.69) is 29.0 Å². The SMILES string of the molecule is CCNc1nc(N(C)C(C)CC)c(Cl)cc1Cl. The van der Waals surface area contributed by atoms with Crippen LogP contribution in [-0.2, 0) is 0 Å². The van der Waals surface area contributed by atoms with E-state index >= 15 is 0 Å². The van der Waals surface area contributed by atoms with Crippen molar-refractivity contribution in [3.05, 3.63) is 16.1 Å². The Morgan fingerprint density at radius 3 is 2.53 bits per heavy atom. The zero-order valence-corrected chi connectivity index (χ0v) is 12.2. The molecular weight excluding hydrogens is 257 g/mol. The Morgan fingerprint density at radius 2 is 2.00 bits per heavy atom. The fourth-order valence-corrected chi connectivity index (χ4v) is 2.04. The van der Waals surface area contributed by atoms with Crippen molar-refractivity contribution in [3.8, 4) is 0 Å². The monoisotopic (exact) mass is 275 g/mol. The highest BCUT2D eigenvalue weighted by atomic mass is 35.5. The number of aromatic nitrogens is 1. The van der Waals surface area contributed by atoms with Gasteiger partial charge in [-0.25, -0.2) is 4.98 Å². The van der Waals surface area contributed by atoms with E-state index in [0.717, 1.165) is 18.8 Å². The third-order valence-corrected chi connectivity index (χ3v) is 3.41. The van der Waals surface area contributed by atoms with E-state index in [-0.39, 0.29) is 0 Å². The summed E-state index contributed by atoms with van der Waals surface area (Å²) in [5.41, 5.74) is 0. The van der Waals surface area contributed by atoms with Crippen molar-refractivity contribution < 1.29 is 0 Å². The predicted molar refractivity (Wildman–Crippen MR) is 76.6 cm³/mol. The molecule has 0 aromatic carbocycles. The molecule has 0 bridgehead atoms. The molecular formula is C12H19Cl2N3. The second-order valence-electron chi connectivity index (χ2n) is 4.02. The summed E-state index contributed by atoms with van der Waals surface area (Å²) in [5, 5.41) is 4.26. The Kier molecular flexibility index (Phi) is 5.34. The highest BCUT2D eigenvalue weighted by Gasteiger charge is 2.15. The van der Waals surface area contributed by atoms with Gasteiger partial charge in [-0.05, 0) is 26.3 Å². The smallest absolute Gasteiger partial charge is 0.149 e. The largest absolute Gasteiger partial charge is 0.369 e. The number of nitrogens with zero attached hydrogens (tertiary/aromatic N) is 2. The van der Waals surface area contributed by atoms with Gasteiger partial charge in [0.25, 0.3) is 0 Å². The standard InChI is InChI=1S/C12H19Cl2N3/c1-5-8(3)17(4)12-10(14)7-9(13)11(16-12)15-6-2/h7-8H,5-6H2,1-4H3,(H,15,16). The maximum absolute atomic E-state index is 6.18. The molecule has 1 unspecified atom stereocenters. The van der Waals surface area contributed by atoms with Crippen LogP contribution in [0.5, 0.6) is 0 Å². The molecule has 1 heterocycles. The summed E-state index contributed by atoms with van der Waals surface area (Å²) in [7, 11) is 1.99. The summed E-state index contributed by atoms with van der Waals surface area (Å²) >= 11 is 12.3. The first-order chi connectivity index (χ1) is 8.01. The van der Waals surface area contributed by atoms with Crippen molar-refractivity contribution >= 4 is 34.8 Å². The second-order valence-corrected chi connectivity index (χ2v) is 4.84. The van der Waals surface area contributed by atoms with Gasteiger partial charge >= 0.3 is 0 Å². The normalized spacial score (nSPS) is 12.4. The van der Waals surface area contributed by atoms with E-state index in [0.29, 0.717) is 21.9 Å². The predicted octanol–water partition coefficient (Wildman–Crippen LogP) is 4.05. The molecule has 0 saturated carbocycles. The molecule has 3 nitrogen and oxygen atoms in total. The Bertz CT molecular complexity index is 382. The third-order valence-electron chi connectivity index (χ3n) is 2.84. The van der Waals surface area contributed by atoms with E-state index < -0.39 is 0 Å². The fraction of sp³-hybridized carbons (Fsp3) is 0.583. The topological polar surface area (TPSA) is 28.2 Å². The molecule has 17 heavy (non-hydrogen) atoms. The lowest BCUT2D eigenvalue weighted by atomic mass is 10.2. The van der Waals surface area contributed by atoms with Crippen LogP contribution < -0.4 is 10.2 Å². The summed E-state index contributed by atoms with van der Waals surface area (Å²) in [4.78, 5) is 6.55. The second kappa shape index (κ2) is 6.31. The van der Waals surface area contributed by atoms with Crippen LogP contribution in [-0.4, -0.2) is 24.6 Å². The number of rotatable bonds is 5. The lowest BCUT2D eigenvalue weighted by molar-refractivity contribution is 0.657. The van der Waals surface area contributed by atoms with E-state index in [1.165, 1.54) is 0 Å². The molecule has 0 amide bonds. The summed E-state index contributed by atoms with van der Waals surface area (Å²) in [6.07, 6.45) is 1.04. The van der Waals surface area contributed by atoms with Crippen LogP contribution >= 0.6 is 23.2 Å². The molecule has 1 aromatic rings. The zero-order chi connectivity index (χ0) is 13.0. The van der Waals surface area contributed by atoms with Crippen LogP contribution in [0.15, 0.2) is 6.07 Å². The van der Waals surface area contributed by atoms with Crippen LogP contribution in [0.3, 0.4) is 0 Å². The maximum Gasteiger partial charge on any atom is 0.149 e. The van der Waals surface area contributed by atoms with Gasteiger partial charge in [0.1, 0.15) is 11.6 Å². The van der Waals surface area contributed by atoms with Crippen LogP contribution in [0.2, 0.25) is 10.0 Å². The number of hydrogen-bond acceptors (Lipinski definition) is 3. The van der Waals surface area contributed by atoms with Crippen LogP contribution in [0.1, 0.15) is 27.2 Å². The number of hydrogen-bond donors (Lipinski definition) is 1. The Labute approximate surface area is 113 Å². The minimum Gasteiger partial charge on any atom is -0.369 e. The van der Waals surface area contributed by atoms with Crippen molar-refractivity contribution in [1.82, 2.24) is 4.98 Å². The Hall–Kier alpha value is -0.670. The van der Waals surface area contributed by atoms with Crippen molar-refractivity contribution in [2.75, 3.05) is 23.8 Å². The van der Waals surface area contributed by atoms with Crippen molar-refractivity contribution in [2.45, 2.75) is 33.2 Å². The summed E-state index contributed by atoms with van der Waals surface area (Å²) in [6, 6.07) is 2.12. The molecule has 0 spiro atoms. The van der Waals surface area contributed by atoms with Crippen LogP contribution in [0, 0.1) is 0 Å². The molecule has 96 valence electrons. The molecule has 5 heteroatoms. The molecule has 0 fully saturated rings. The van der Waals surface area contributed by atoms with Gasteiger partial charge in [-0.3, -0.25) is 0 Å². The minimum atomic E-state index is 0.385. The first-order valence-electron chi connectivity index (χ1n) is 5.83. The summed E-state index contributed by atoms with van der Waals surface area (Å²) in [6.45, 7) is 7.06. The first-order valence-corrected chi connectivity index (χ1v) is 6.59. The zero-order valence-electron chi connectivity index (χ0n) is 10.7. The maximum atomic E-state index is 6.18. The minimum absolute atomic E-state index is 0.385. The van der Waals surface area contributed by atoms with Gasteiger partial charge in [-0.15, -0.1) is 0 Å². The van der Waals surface area contributed by atoms with E-state index in [4.69, 9.17) is 23.2 Å². The number of pyridine rings is 1. The molecule has 1 N–H and O–H groups in total. The van der Waals surface area contributed by atoms with Gasteiger partial charge in [-0.1, -0.05) is 30.1 Å². The van der Waals surface area contributed by atoms with Crippen LogP contribution in [0.25, 0.3) is 0 Å². The van der Waals surface area contributed by atoms with Crippen molar-refractivity contribution in [2.24, 2.45) is 0 Å². The Balaban J connectivity index is 3.10. The van der Waals surface area contributed by atoms with Gasteiger partial charge in [0.2, 0.25) is 0 Å². The molecule has 1 aromatic heterocycles. The molecule has 0 saturated heterocycles. The highest BCUT2D eigenvalue weighted by molar-refractivity contribution is 6.37. The average molecular weight is 276 g/mol. The summed E-state index contributed by atoms with van der Waals surface area (Å²) in [5.74, 6) is 1.45. The number of nitrogens with one attached hydrogen (secondary N) is 1. The lowest BCUT2D eigenvalue weighted by Crippen LogP contribution is -2.29. The number of halogens is 2. The van der Waals surface area contributed by atoms with Gasteiger partial charge in [-0.2, -0.15) is 0 Å².